The van der Waals surface area contributed by atoms with Gasteiger partial charge < -0.3 is 9.80 Å². The maximum Gasteiger partial charge on any atom is 0.139 e. The van der Waals surface area contributed by atoms with Crippen LogP contribution in [0.15, 0.2) is 0 Å². The van der Waals surface area contributed by atoms with Crippen LogP contribution in [0.3, 0.4) is 0 Å². The molecule has 0 bridgehead atoms. The number of carbonyl (C=O) groups is 1. The number of rotatable bonds is 4. The van der Waals surface area contributed by atoms with Crippen LogP contribution >= 0.6 is 0 Å². The first-order valence-corrected chi connectivity index (χ1v) is 6.73. The molecule has 1 aliphatic heterocycles. The first-order chi connectivity index (χ1) is 7.80. The van der Waals surface area contributed by atoms with Gasteiger partial charge in [0.1, 0.15) is 5.78 Å². The SMILES string of the molecule is CN1CCCC(N(C)CCC(=O)C(C)(C)C)C1. The summed E-state index contributed by atoms with van der Waals surface area (Å²) in [6.45, 7) is 9.26. The van der Waals surface area contributed by atoms with Crippen LogP contribution in [0.25, 0.3) is 0 Å². The molecule has 1 fully saturated rings. The van der Waals surface area contributed by atoms with Crippen molar-refractivity contribution in [3.63, 3.8) is 0 Å². The van der Waals surface area contributed by atoms with E-state index in [9.17, 15) is 4.79 Å². The third kappa shape index (κ3) is 4.76. The highest BCUT2D eigenvalue weighted by Crippen LogP contribution is 2.18. The monoisotopic (exact) mass is 240 g/mol. The second-order valence-corrected chi connectivity index (χ2v) is 6.46. The van der Waals surface area contributed by atoms with Crippen LogP contribution in [-0.2, 0) is 4.79 Å². The van der Waals surface area contributed by atoms with E-state index in [4.69, 9.17) is 0 Å². The summed E-state index contributed by atoms with van der Waals surface area (Å²) in [5.41, 5.74) is -0.190. The van der Waals surface area contributed by atoms with E-state index in [0.29, 0.717) is 18.2 Å². The lowest BCUT2D eigenvalue weighted by Crippen LogP contribution is -2.45. The Labute approximate surface area is 106 Å². The van der Waals surface area contributed by atoms with Gasteiger partial charge in [0.2, 0.25) is 0 Å². The quantitative estimate of drug-likeness (QED) is 0.751. The van der Waals surface area contributed by atoms with Gasteiger partial charge in [-0.2, -0.15) is 0 Å². The molecule has 1 heterocycles. The third-order valence-corrected chi connectivity index (χ3v) is 3.75. The van der Waals surface area contributed by atoms with Gasteiger partial charge in [-0.3, -0.25) is 4.79 Å². The van der Waals surface area contributed by atoms with Crippen LogP contribution in [0, 0.1) is 5.41 Å². The molecule has 0 aromatic rings. The lowest BCUT2D eigenvalue weighted by atomic mass is 9.89. The summed E-state index contributed by atoms with van der Waals surface area (Å²) < 4.78 is 0. The first kappa shape index (κ1) is 14.7. The van der Waals surface area contributed by atoms with E-state index in [0.717, 1.165) is 13.1 Å². The molecule has 17 heavy (non-hydrogen) atoms. The van der Waals surface area contributed by atoms with E-state index in [1.54, 1.807) is 0 Å². The van der Waals surface area contributed by atoms with Crippen molar-refractivity contribution in [1.29, 1.82) is 0 Å². The standard InChI is InChI=1S/C14H28N2O/c1-14(2,3)13(17)8-10-16(5)12-7-6-9-15(4)11-12/h12H,6-11H2,1-5H3. The molecular weight excluding hydrogens is 212 g/mol. The topological polar surface area (TPSA) is 23.6 Å². The molecule has 0 aromatic heterocycles. The number of hydrogen-bond acceptors (Lipinski definition) is 3. The molecule has 0 aliphatic carbocycles. The normalized spacial score (nSPS) is 23.1. The second-order valence-electron chi connectivity index (χ2n) is 6.46. The van der Waals surface area contributed by atoms with Gasteiger partial charge in [0.15, 0.2) is 0 Å². The predicted octanol–water partition coefficient (Wildman–Crippen LogP) is 2.02. The number of Topliss-reactive ketones (excluding diaryl/α,β-unsaturated/α-hetero) is 1. The molecule has 1 rings (SSSR count). The Kier molecular flexibility index (Phi) is 5.14. The number of hydrogen-bond donors (Lipinski definition) is 0. The maximum atomic E-state index is 11.9. The summed E-state index contributed by atoms with van der Waals surface area (Å²) in [5, 5.41) is 0. The van der Waals surface area contributed by atoms with Crippen LogP contribution in [0.5, 0.6) is 0 Å². The Morgan fingerprint density at radius 3 is 2.59 bits per heavy atom. The van der Waals surface area contributed by atoms with Crippen molar-refractivity contribution in [3.05, 3.63) is 0 Å². The van der Waals surface area contributed by atoms with Crippen molar-refractivity contribution in [2.45, 2.75) is 46.1 Å². The van der Waals surface area contributed by atoms with E-state index in [1.165, 1.54) is 19.4 Å². The Bertz CT molecular complexity index is 257. The Hall–Kier alpha value is -0.410. The number of nitrogens with zero attached hydrogens (tertiary/aromatic N) is 2. The molecule has 3 heteroatoms. The summed E-state index contributed by atoms with van der Waals surface area (Å²) in [4.78, 5) is 16.6. The highest BCUT2D eigenvalue weighted by molar-refractivity contribution is 5.83. The number of piperidine rings is 1. The fraction of sp³-hybridized carbons (Fsp3) is 0.929. The van der Waals surface area contributed by atoms with Crippen LogP contribution in [0.2, 0.25) is 0 Å². The number of likely N-dealkylation sites (tertiary alicyclic amines) is 1. The summed E-state index contributed by atoms with van der Waals surface area (Å²) >= 11 is 0. The summed E-state index contributed by atoms with van der Waals surface area (Å²) in [5.74, 6) is 0.369. The van der Waals surface area contributed by atoms with Crippen LogP contribution < -0.4 is 0 Å². The van der Waals surface area contributed by atoms with Gasteiger partial charge >= 0.3 is 0 Å². The van der Waals surface area contributed by atoms with Gasteiger partial charge in [0.25, 0.3) is 0 Å². The van der Waals surface area contributed by atoms with E-state index >= 15 is 0 Å². The highest BCUT2D eigenvalue weighted by atomic mass is 16.1. The lowest BCUT2D eigenvalue weighted by molar-refractivity contribution is -0.126. The third-order valence-electron chi connectivity index (χ3n) is 3.75. The predicted molar refractivity (Wildman–Crippen MR) is 72.2 cm³/mol. The molecule has 0 spiro atoms. The fourth-order valence-electron chi connectivity index (χ4n) is 2.33. The first-order valence-electron chi connectivity index (χ1n) is 6.73. The molecular formula is C14H28N2O. The van der Waals surface area contributed by atoms with Crippen molar-refractivity contribution < 1.29 is 4.79 Å². The Balaban J connectivity index is 2.34. The molecule has 0 radical (unpaired) electrons. The molecule has 100 valence electrons. The minimum Gasteiger partial charge on any atom is -0.305 e. The van der Waals surface area contributed by atoms with Gasteiger partial charge in [0, 0.05) is 31.0 Å². The number of likely N-dealkylation sites (N-methyl/N-ethyl adjacent to an activating group) is 2. The van der Waals surface area contributed by atoms with Gasteiger partial charge in [-0.05, 0) is 33.5 Å². The molecule has 0 aromatic carbocycles. The second kappa shape index (κ2) is 5.96. The lowest BCUT2D eigenvalue weighted by Gasteiger charge is -2.36. The van der Waals surface area contributed by atoms with E-state index in [2.05, 4.69) is 23.9 Å². The van der Waals surface area contributed by atoms with E-state index in [1.807, 2.05) is 20.8 Å². The van der Waals surface area contributed by atoms with Crippen LogP contribution in [-0.4, -0.2) is 55.4 Å². The minimum atomic E-state index is -0.190. The van der Waals surface area contributed by atoms with E-state index in [-0.39, 0.29) is 5.41 Å². The van der Waals surface area contributed by atoms with Crippen molar-refractivity contribution in [3.8, 4) is 0 Å². The molecule has 1 atom stereocenters. The van der Waals surface area contributed by atoms with Crippen molar-refractivity contribution in [2.24, 2.45) is 5.41 Å². The number of ketones is 1. The molecule has 0 saturated carbocycles. The molecule has 3 nitrogen and oxygen atoms in total. The van der Waals surface area contributed by atoms with Gasteiger partial charge in [-0.1, -0.05) is 20.8 Å². The largest absolute Gasteiger partial charge is 0.305 e. The van der Waals surface area contributed by atoms with Crippen LogP contribution in [0.1, 0.15) is 40.0 Å². The Morgan fingerprint density at radius 1 is 1.41 bits per heavy atom. The van der Waals surface area contributed by atoms with Crippen molar-refractivity contribution in [1.82, 2.24) is 9.80 Å². The number of carbonyl (C=O) groups excluding carboxylic acids is 1. The molecule has 1 unspecified atom stereocenters. The van der Waals surface area contributed by atoms with Gasteiger partial charge in [-0.15, -0.1) is 0 Å². The average molecular weight is 240 g/mol. The van der Waals surface area contributed by atoms with Gasteiger partial charge in [0.05, 0.1) is 0 Å². The highest BCUT2D eigenvalue weighted by Gasteiger charge is 2.24. The molecule has 1 aliphatic rings. The summed E-state index contributed by atoms with van der Waals surface area (Å²) in [6.07, 6.45) is 3.23. The minimum absolute atomic E-state index is 0.190. The Morgan fingerprint density at radius 2 is 2.06 bits per heavy atom. The molecule has 0 N–H and O–H groups in total. The van der Waals surface area contributed by atoms with Crippen molar-refractivity contribution >= 4 is 5.78 Å². The van der Waals surface area contributed by atoms with Gasteiger partial charge in [-0.25, -0.2) is 0 Å². The zero-order valence-electron chi connectivity index (χ0n) is 12.1. The van der Waals surface area contributed by atoms with Crippen LogP contribution in [0.4, 0.5) is 0 Å². The maximum absolute atomic E-state index is 11.9. The zero-order chi connectivity index (χ0) is 13.1. The van der Waals surface area contributed by atoms with E-state index < -0.39 is 0 Å². The summed E-state index contributed by atoms with van der Waals surface area (Å²) in [7, 11) is 4.33. The van der Waals surface area contributed by atoms with Crippen molar-refractivity contribution in [2.75, 3.05) is 33.7 Å². The zero-order valence-corrected chi connectivity index (χ0v) is 12.1. The average Bonchev–Trinajstić information content (AvgIpc) is 2.24. The fourth-order valence-corrected chi connectivity index (χ4v) is 2.33. The molecule has 1 saturated heterocycles. The smallest absolute Gasteiger partial charge is 0.139 e. The molecule has 0 amide bonds. The summed E-state index contributed by atoms with van der Waals surface area (Å²) in [6, 6.07) is 0.626.